The fourth-order valence-corrected chi connectivity index (χ4v) is 3.66. The molecule has 0 amide bonds. The Kier molecular flexibility index (Phi) is 4.02. The average Bonchev–Trinajstić information content (AvgIpc) is 3.19. The van der Waals surface area contributed by atoms with E-state index in [4.69, 9.17) is 4.74 Å². The standard InChI is InChI=1S/C24H19N3O/c1-28-19-13-11-17(12-14-19)15-27-16-21-23(18-7-3-2-4-8-18)25-26-24(21)20-9-5-6-10-22(20)27/h2-14,16H,15H2,1H3. The average molecular weight is 365 g/mol. The van der Waals surface area contributed by atoms with E-state index in [1.54, 1.807) is 7.11 Å². The second kappa shape index (κ2) is 6.82. The zero-order valence-corrected chi connectivity index (χ0v) is 15.5. The van der Waals surface area contributed by atoms with Crippen molar-refractivity contribution in [2.75, 3.05) is 7.11 Å². The molecule has 0 radical (unpaired) electrons. The van der Waals surface area contributed by atoms with Crippen LogP contribution in [-0.2, 0) is 6.54 Å². The summed E-state index contributed by atoms with van der Waals surface area (Å²) in [5, 5.41) is 10.1. The van der Waals surface area contributed by atoms with E-state index in [-0.39, 0.29) is 0 Å². The third kappa shape index (κ3) is 2.79. The normalized spacial score (nSPS) is 11.2. The van der Waals surface area contributed by atoms with Crippen molar-refractivity contribution in [3.05, 3.63) is 90.6 Å². The van der Waals surface area contributed by atoms with Crippen LogP contribution in [0.1, 0.15) is 5.56 Å². The molecule has 2 aliphatic heterocycles. The zero-order valence-electron chi connectivity index (χ0n) is 15.5. The van der Waals surface area contributed by atoms with Gasteiger partial charge in [-0.05, 0) is 23.8 Å². The van der Waals surface area contributed by atoms with E-state index >= 15 is 0 Å². The van der Waals surface area contributed by atoms with Crippen LogP contribution >= 0.6 is 0 Å². The van der Waals surface area contributed by atoms with Crippen molar-refractivity contribution < 1.29 is 4.74 Å². The monoisotopic (exact) mass is 365 g/mol. The quantitative estimate of drug-likeness (QED) is 0.436. The fourth-order valence-electron chi connectivity index (χ4n) is 3.66. The highest BCUT2D eigenvalue weighted by Crippen LogP contribution is 2.36. The predicted octanol–water partition coefficient (Wildman–Crippen LogP) is 5.26. The van der Waals surface area contributed by atoms with Crippen LogP contribution in [0.4, 0.5) is 0 Å². The summed E-state index contributed by atoms with van der Waals surface area (Å²) in [6.07, 6.45) is 2.17. The molecule has 28 heavy (non-hydrogen) atoms. The Labute approximate surface area is 163 Å². The van der Waals surface area contributed by atoms with Gasteiger partial charge in [-0.1, -0.05) is 60.7 Å². The van der Waals surface area contributed by atoms with Gasteiger partial charge in [0.15, 0.2) is 0 Å². The lowest BCUT2D eigenvalue weighted by molar-refractivity contribution is 0.414. The van der Waals surface area contributed by atoms with Gasteiger partial charge in [0.05, 0.1) is 12.6 Å². The van der Waals surface area contributed by atoms with Gasteiger partial charge in [0.1, 0.15) is 17.1 Å². The van der Waals surface area contributed by atoms with E-state index in [0.717, 1.165) is 45.7 Å². The van der Waals surface area contributed by atoms with Gasteiger partial charge in [-0.3, -0.25) is 0 Å². The Morgan fingerprint density at radius 1 is 0.786 bits per heavy atom. The van der Waals surface area contributed by atoms with Crippen LogP contribution in [0.3, 0.4) is 0 Å². The van der Waals surface area contributed by atoms with Gasteiger partial charge < -0.3 is 9.30 Å². The van der Waals surface area contributed by atoms with Crippen molar-refractivity contribution in [2.24, 2.45) is 0 Å². The minimum absolute atomic E-state index is 0.764. The summed E-state index contributed by atoms with van der Waals surface area (Å²) in [5.74, 6) is 0.866. The molecule has 0 fully saturated rings. The molecule has 4 nitrogen and oxygen atoms in total. The first kappa shape index (κ1) is 16.5. The first-order valence-corrected chi connectivity index (χ1v) is 9.26. The molecule has 0 atom stereocenters. The molecule has 0 spiro atoms. The number of fused-ring (bicyclic) bond motifs is 3. The maximum Gasteiger partial charge on any atom is 0.118 e. The number of para-hydroxylation sites is 1. The minimum atomic E-state index is 0.764. The molecule has 0 bridgehead atoms. The molecular weight excluding hydrogens is 346 g/mol. The van der Waals surface area contributed by atoms with Gasteiger partial charge in [-0.15, -0.1) is 10.2 Å². The zero-order chi connectivity index (χ0) is 18.9. The smallest absolute Gasteiger partial charge is 0.118 e. The number of hydrogen-bond acceptors (Lipinski definition) is 3. The molecule has 0 unspecified atom stereocenters. The highest BCUT2D eigenvalue weighted by Gasteiger charge is 2.19. The molecule has 3 aromatic carbocycles. The molecule has 4 heteroatoms. The van der Waals surface area contributed by atoms with Gasteiger partial charge in [-0.2, -0.15) is 0 Å². The van der Waals surface area contributed by atoms with E-state index in [1.807, 2.05) is 30.3 Å². The van der Waals surface area contributed by atoms with Gasteiger partial charge in [0, 0.05) is 29.3 Å². The fraction of sp³-hybridized carbons (Fsp3) is 0.0833. The molecule has 0 saturated carbocycles. The number of methoxy groups -OCH3 is 1. The molecule has 0 aliphatic carbocycles. The SMILES string of the molecule is COc1ccc(Cn2cc3c(-c4ccccc4)nnc-3c3ccccc32)cc1. The lowest BCUT2D eigenvalue weighted by atomic mass is 10.0. The van der Waals surface area contributed by atoms with E-state index < -0.39 is 0 Å². The van der Waals surface area contributed by atoms with Crippen LogP contribution in [0, 0.1) is 0 Å². The first-order chi connectivity index (χ1) is 13.8. The summed E-state index contributed by atoms with van der Waals surface area (Å²) in [7, 11) is 1.69. The van der Waals surface area contributed by atoms with Crippen molar-refractivity contribution in [1.29, 1.82) is 0 Å². The number of nitrogens with zero attached hydrogens (tertiary/aromatic N) is 3. The predicted molar refractivity (Wildman–Crippen MR) is 112 cm³/mol. The lowest BCUT2D eigenvalue weighted by Gasteiger charge is -2.15. The maximum absolute atomic E-state index is 5.28. The van der Waals surface area contributed by atoms with Crippen LogP contribution in [0.25, 0.3) is 33.4 Å². The van der Waals surface area contributed by atoms with Gasteiger partial charge in [0.2, 0.25) is 0 Å². The van der Waals surface area contributed by atoms with E-state index in [9.17, 15) is 0 Å². The van der Waals surface area contributed by atoms with Crippen LogP contribution in [0.5, 0.6) is 5.75 Å². The largest absolute Gasteiger partial charge is 0.497 e. The Balaban J connectivity index is 1.68. The molecular formula is C24H19N3O. The van der Waals surface area contributed by atoms with E-state index in [0.29, 0.717) is 0 Å². The van der Waals surface area contributed by atoms with Crippen LogP contribution < -0.4 is 4.74 Å². The second-order valence-corrected chi connectivity index (χ2v) is 6.80. The van der Waals surface area contributed by atoms with Crippen molar-refractivity contribution in [1.82, 2.24) is 14.8 Å². The Morgan fingerprint density at radius 3 is 2.29 bits per heavy atom. The molecule has 0 aromatic heterocycles. The Bertz CT molecular complexity index is 1210. The van der Waals surface area contributed by atoms with Gasteiger partial charge in [0.25, 0.3) is 0 Å². The van der Waals surface area contributed by atoms with Crippen LogP contribution in [-0.4, -0.2) is 21.9 Å². The third-order valence-electron chi connectivity index (χ3n) is 5.07. The summed E-state index contributed by atoms with van der Waals surface area (Å²) in [6.45, 7) is 0.764. The molecule has 5 rings (SSSR count). The molecule has 3 aromatic rings. The number of hydrogen-bond donors (Lipinski definition) is 0. The van der Waals surface area contributed by atoms with Crippen LogP contribution in [0.2, 0.25) is 0 Å². The number of ether oxygens (including phenoxy) is 1. The molecule has 136 valence electrons. The Hall–Kier alpha value is -3.66. The van der Waals surface area contributed by atoms with E-state index in [1.165, 1.54) is 5.56 Å². The number of rotatable bonds is 4. The summed E-state index contributed by atoms with van der Waals surface area (Å²) in [5.41, 5.74) is 6.37. The highest BCUT2D eigenvalue weighted by atomic mass is 16.5. The third-order valence-corrected chi connectivity index (χ3v) is 5.07. The summed E-state index contributed by atoms with van der Waals surface area (Å²) in [6, 6.07) is 26.8. The van der Waals surface area contributed by atoms with Crippen molar-refractivity contribution in [3.63, 3.8) is 0 Å². The minimum Gasteiger partial charge on any atom is -0.497 e. The number of aromatic nitrogens is 3. The summed E-state index contributed by atoms with van der Waals surface area (Å²) >= 11 is 0. The van der Waals surface area contributed by atoms with E-state index in [2.05, 4.69) is 69.5 Å². The van der Waals surface area contributed by atoms with Crippen molar-refractivity contribution in [2.45, 2.75) is 6.54 Å². The molecule has 2 heterocycles. The number of benzene rings is 3. The van der Waals surface area contributed by atoms with Gasteiger partial charge in [-0.25, -0.2) is 0 Å². The molecule has 2 aliphatic rings. The first-order valence-electron chi connectivity index (χ1n) is 9.26. The number of pyridine rings is 1. The maximum atomic E-state index is 5.28. The summed E-state index contributed by atoms with van der Waals surface area (Å²) < 4.78 is 7.55. The van der Waals surface area contributed by atoms with Crippen molar-refractivity contribution in [3.8, 4) is 28.3 Å². The topological polar surface area (TPSA) is 39.9 Å². The van der Waals surface area contributed by atoms with Crippen LogP contribution in [0.15, 0.2) is 85.1 Å². The highest BCUT2D eigenvalue weighted by molar-refractivity contribution is 5.97. The molecule has 0 N–H and O–H groups in total. The summed E-state index contributed by atoms with van der Waals surface area (Å²) in [4.78, 5) is 0. The lowest BCUT2D eigenvalue weighted by Crippen LogP contribution is -2.04. The Morgan fingerprint density at radius 2 is 1.50 bits per heavy atom. The second-order valence-electron chi connectivity index (χ2n) is 6.80. The molecule has 0 saturated heterocycles. The van der Waals surface area contributed by atoms with Gasteiger partial charge >= 0.3 is 0 Å². The van der Waals surface area contributed by atoms with Crippen molar-refractivity contribution >= 4 is 10.9 Å².